The largest absolute Gasteiger partial charge is 0.399 e. The molecule has 0 spiro atoms. The molecule has 2 aromatic rings. The zero-order valence-corrected chi connectivity index (χ0v) is 14.5. The lowest BCUT2D eigenvalue weighted by molar-refractivity contribution is -0.384. The molecule has 7 nitrogen and oxygen atoms in total. The van der Waals surface area contributed by atoms with E-state index in [0.29, 0.717) is 11.4 Å². The van der Waals surface area contributed by atoms with E-state index in [2.05, 4.69) is 5.32 Å². The average molecular weight is 361 g/mol. The Balaban J connectivity index is 1.98. The molecule has 0 aromatic heterocycles. The van der Waals surface area contributed by atoms with E-state index in [0.717, 1.165) is 42.7 Å². The maximum atomic E-state index is 11.6. The van der Waals surface area contributed by atoms with Crippen molar-refractivity contribution in [3.05, 3.63) is 57.6 Å². The minimum Gasteiger partial charge on any atom is -0.399 e. The van der Waals surface area contributed by atoms with Crippen molar-refractivity contribution in [1.82, 2.24) is 0 Å². The zero-order chi connectivity index (χ0) is 18.2. The molecule has 0 bridgehead atoms. The number of nitrogens with one attached hydrogen (secondary N) is 1. The third-order valence-corrected chi connectivity index (χ3v) is 5.52. The first-order valence-corrected chi connectivity index (χ1v) is 9.78. The van der Waals surface area contributed by atoms with Crippen LogP contribution in [0.2, 0.25) is 0 Å². The number of nitro groups is 1. The number of benzene rings is 2. The fourth-order valence-electron chi connectivity index (χ4n) is 3.19. The van der Waals surface area contributed by atoms with Gasteiger partial charge in [-0.3, -0.25) is 10.1 Å². The minimum atomic E-state index is -3.51. The van der Waals surface area contributed by atoms with Crippen molar-refractivity contribution in [3.63, 3.8) is 0 Å². The van der Waals surface area contributed by atoms with Crippen LogP contribution in [-0.4, -0.2) is 19.6 Å². The summed E-state index contributed by atoms with van der Waals surface area (Å²) in [4.78, 5) is 10.8. The fraction of sp³-hybridized carbons (Fsp3) is 0.294. The molecule has 0 saturated carbocycles. The molecule has 0 amide bonds. The summed E-state index contributed by atoms with van der Waals surface area (Å²) >= 11 is 0. The van der Waals surface area contributed by atoms with Crippen molar-refractivity contribution < 1.29 is 13.3 Å². The normalized spacial score (nSPS) is 16.9. The number of nitrogen functional groups attached to an aromatic ring is 1. The lowest BCUT2D eigenvalue weighted by Crippen LogP contribution is -2.18. The van der Waals surface area contributed by atoms with Crippen LogP contribution in [0.15, 0.2) is 41.3 Å². The number of rotatable bonds is 4. The summed E-state index contributed by atoms with van der Waals surface area (Å²) in [5, 5.41) is 14.6. The van der Waals surface area contributed by atoms with Gasteiger partial charge in [0.15, 0.2) is 9.84 Å². The van der Waals surface area contributed by atoms with Gasteiger partial charge in [-0.25, -0.2) is 8.42 Å². The van der Waals surface area contributed by atoms with Gasteiger partial charge in [0.05, 0.1) is 15.9 Å². The Morgan fingerprint density at radius 1 is 1.24 bits per heavy atom. The standard InChI is InChI=1S/C17H19N3O4S/c1-25(23,24)13-6-8-16(17(10-13)20(21)22)19-15-4-2-3-11-9-12(18)5-7-14(11)15/h5-10,15,19H,2-4,18H2,1H3. The Kier molecular flexibility index (Phi) is 4.38. The fourth-order valence-corrected chi connectivity index (χ4v) is 3.83. The average Bonchev–Trinajstić information content (AvgIpc) is 2.53. The van der Waals surface area contributed by atoms with Gasteiger partial charge < -0.3 is 11.1 Å². The lowest BCUT2D eigenvalue weighted by atomic mass is 9.87. The molecule has 1 aliphatic rings. The number of hydrogen-bond acceptors (Lipinski definition) is 6. The van der Waals surface area contributed by atoms with Crippen molar-refractivity contribution in [2.45, 2.75) is 30.2 Å². The number of nitrogens with zero attached hydrogens (tertiary/aromatic N) is 1. The maximum Gasteiger partial charge on any atom is 0.293 e. The van der Waals surface area contributed by atoms with Crippen LogP contribution in [0, 0.1) is 10.1 Å². The lowest BCUT2D eigenvalue weighted by Gasteiger charge is -2.27. The number of hydrogen-bond donors (Lipinski definition) is 2. The number of aryl methyl sites for hydroxylation is 1. The van der Waals surface area contributed by atoms with Crippen LogP contribution < -0.4 is 11.1 Å². The molecule has 0 radical (unpaired) electrons. The summed E-state index contributed by atoms with van der Waals surface area (Å²) in [6, 6.07) is 9.57. The molecule has 132 valence electrons. The van der Waals surface area contributed by atoms with Gasteiger partial charge in [-0.2, -0.15) is 0 Å². The summed E-state index contributed by atoms with van der Waals surface area (Å²) in [5.74, 6) is 0. The van der Waals surface area contributed by atoms with Crippen LogP contribution in [-0.2, 0) is 16.3 Å². The summed E-state index contributed by atoms with van der Waals surface area (Å²) < 4.78 is 23.3. The topological polar surface area (TPSA) is 115 Å². The number of nitro benzene ring substituents is 1. The van der Waals surface area contributed by atoms with Crippen molar-refractivity contribution >= 4 is 26.9 Å². The second-order valence-electron chi connectivity index (χ2n) is 6.26. The van der Waals surface area contributed by atoms with E-state index in [1.807, 2.05) is 18.2 Å². The van der Waals surface area contributed by atoms with E-state index in [-0.39, 0.29) is 16.6 Å². The highest BCUT2D eigenvalue weighted by Crippen LogP contribution is 2.36. The van der Waals surface area contributed by atoms with Crippen LogP contribution in [0.3, 0.4) is 0 Å². The maximum absolute atomic E-state index is 11.6. The van der Waals surface area contributed by atoms with Gasteiger partial charge in [-0.15, -0.1) is 0 Å². The van der Waals surface area contributed by atoms with Gasteiger partial charge in [0.1, 0.15) is 5.69 Å². The summed E-state index contributed by atoms with van der Waals surface area (Å²) in [5.41, 5.74) is 8.81. The molecule has 0 aliphatic heterocycles. The van der Waals surface area contributed by atoms with E-state index in [9.17, 15) is 18.5 Å². The van der Waals surface area contributed by atoms with E-state index < -0.39 is 14.8 Å². The second-order valence-corrected chi connectivity index (χ2v) is 8.27. The summed E-state index contributed by atoms with van der Waals surface area (Å²) in [6.07, 6.45) is 3.74. The molecule has 25 heavy (non-hydrogen) atoms. The first kappa shape index (κ1) is 17.2. The highest BCUT2D eigenvalue weighted by atomic mass is 32.2. The molecule has 0 saturated heterocycles. The van der Waals surface area contributed by atoms with Crippen LogP contribution in [0.1, 0.15) is 30.0 Å². The second kappa shape index (κ2) is 6.36. The van der Waals surface area contributed by atoms with Crippen molar-refractivity contribution in [3.8, 4) is 0 Å². The number of fused-ring (bicyclic) bond motifs is 1. The van der Waals surface area contributed by atoms with Gasteiger partial charge in [-0.05, 0) is 54.7 Å². The molecule has 2 aromatic carbocycles. The van der Waals surface area contributed by atoms with Crippen LogP contribution >= 0.6 is 0 Å². The van der Waals surface area contributed by atoms with E-state index in [1.54, 1.807) is 0 Å². The van der Waals surface area contributed by atoms with E-state index in [4.69, 9.17) is 5.73 Å². The Labute approximate surface area is 145 Å². The van der Waals surface area contributed by atoms with Gasteiger partial charge >= 0.3 is 0 Å². The number of anilines is 2. The monoisotopic (exact) mass is 361 g/mol. The zero-order valence-electron chi connectivity index (χ0n) is 13.7. The molecule has 1 atom stereocenters. The van der Waals surface area contributed by atoms with Gasteiger partial charge in [0.25, 0.3) is 5.69 Å². The molecule has 1 aliphatic carbocycles. The minimum absolute atomic E-state index is 0.0680. The smallest absolute Gasteiger partial charge is 0.293 e. The SMILES string of the molecule is CS(=O)(=O)c1ccc(NC2CCCc3cc(N)ccc32)c([N+](=O)[O-])c1. The summed E-state index contributed by atoms with van der Waals surface area (Å²) in [6.45, 7) is 0. The van der Waals surface area contributed by atoms with Crippen molar-refractivity contribution in [2.24, 2.45) is 0 Å². The third-order valence-electron chi connectivity index (χ3n) is 4.41. The molecule has 3 N–H and O–H groups in total. The number of nitrogens with two attached hydrogens (primary N) is 1. The Morgan fingerprint density at radius 2 is 2.00 bits per heavy atom. The molecule has 0 fully saturated rings. The van der Waals surface area contributed by atoms with E-state index >= 15 is 0 Å². The third kappa shape index (κ3) is 3.58. The van der Waals surface area contributed by atoms with Crippen LogP contribution in [0.4, 0.5) is 17.1 Å². The van der Waals surface area contributed by atoms with Crippen LogP contribution in [0.25, 0.3) is 0 Å². The quantitative estimate of drug-likeness (QED) is 0.491. The molecule has 8 heteroatoms. The van der Waals surface area contributed by atoms with Crippen molar-refractivity contribution in [1.29, 1.82) is 0 Å². The van der Waals surface area contributed by atoms with E-state index in [1.165, 1.54) is 12.1 Å². The molecular weight excluding hydrogens is 342 g/mol. The highest BCUT2D eigenvalue weighted by molar-refractivity contribution is 7.90. The first-order valence-electron chi connectivity index (χ1n) is 7.89. The Hall–Kier alpha value is -2.61. The van der Waals surface area contributed by atoms with Crippen molar-refractivity contribution in [2.75, 3.05) is 17.3 Å². The predicted octanol–water partition coefficient (Wildman–Crippen LogP) is 3.07. The first-order chi connectivity index (χ1) is 11.8. The van der Waals surface area contributed by atoms with Gasteiger partial charge in [-0.1, -0.05) is 6.07 Å². The molecular formula is C17H19N3O4S. The van der Waals surface area contributed by atoms with Crippen LogP contribution in [0.5, 0.6) is 0 Å². The molecule has 1 unspecified atom stereocenters. The Bertz CT molecular complexity index is 941. The van der Waals surface area contributed by atoms with Gasteiger partial charge in [0.2, 0.25) is 0 Å². The molecule has 0 heterocycles. The number of sulfone groups is 1. The highest BCUT2D eigenvalue weighted by Gasteiger charge is 2.24. The summed E-state index contributed by atoms with van der Waals surface area (Å²) in [7, 11) is -3.51. The molecule has 3 rings (SSSR count). The van der Waals surface area contributed by atoms with Gasteiger partial charge in [0, 0.05) is 18.0 Å². The predicted molar refractivity (Wildman–Crippen MR) is 96.4 cm³/mol. The Morgan fingerprint density at radius 3 is 2.68 bits per heavy atom.